The fraction of sp³-hybridized carbons (Fsp3) is 0.524. The number of nitriles is 1. The van der Waals surface area contributed by atoms with E-state index in [1.165, 1.54) is 12.1 Å². The standard InChI is InChI=1S/C21H28FN5O3/c1-21(2,3)18(20(30)24-10-12-28)25-19(29)17-15-13-14(22)7-8-16(15)27(26-17)11-6-4-5-9-23/h7-8,13,18,28H,4-6,10-12H2,1-3H3,(H,24,30)(H,25,29)/t18-/m1/s1. The molecule has 2 aromatic rings. The molecule has 1 aromatic heterocycles. The van der Waals surface area contributed by atoms with Crippen LogP contribution in [0.3, 0.4) is 0 Å². The molecule has 0 unspecified atom stereocenters. The quantitative estimate of drug-likeness (QED) is 0.540. The molecule has 0 fully saturated rings. The number of aliphatic hydroxyl groups excluding tert-OH is 1. The summed E-state index contributed by atoms with van der Waals surface area (Å²) < 4.78 is 15.5. The molecule has 30 heavy (non-hydrogen) atoms. The van der Waals surface area contributed by atoms with E-state index in [4.69, 9.17) is 10.4 Å². The normalized spacial score (nSPS) is 12.4. The molecule has 9 heteroatoms. The van der Waals surface area contributed by atoms with E-state index >= 15 is 0 Å². The van der Waals surface area contributed by atoms with E-state index in [1.54, 1.807) is 10.7 Å². The van der Waals surface area contributed by atoms with Crippen molar-refractivity contribution < 1.29 is 19.1 Å². The highest BCUT2D eigenvalue weighted by Gasteiger charge is 2.34. The summed E-state index contributed by atoms with van der Waals surface area (Å²) in [6.45, 7) is 5.77. The van der Waals surface area contributed by atoms with Crippen LogP contribution in [-0.4, -0.2) is 45.9 Å². The highest BCUT2D eigenvalue weighted by molar-refractivity contribution is 6.06. The number of aliphatic hydroxyl groups is 1. The third kappa shape index (κ3) is 5.76. The molecule has 8 nitrogen and oxygen atoms in total. The van der Waals surface area contributed by atoms with Crippen LogP contribution in [0.1, 0.15) is 50.5 Å². The van der Waals surface area contributed by atoms with Crippen molar-refractivity contribution in [3.05, 3.63) is 29.7 Å². The molecular weight excluding hydrogens is 389 g/mol. The van der Waals surface area contributed by atoms with E-state index in [1.807, 2.05) is 20.8 Å². The van der Waals surface area contributed by atoms with Gasteiger partial charge in [0.25, 0.3) is 5.91 Å². The lowest BCUT2D eigenvalue weighted by molar-refractivity contribution is -0.125. The summed E-state index contributed by atoms with van der Waals surface area (Å²) in [5.41, 5.74) is 0.0420. The number of amides is 2. The topological polar surface area (TPSA) is 120 Å². The first kappa shape index (κ1) is 23.3. The van der Waals surface area contributed by atoms with Gasteiger partial charge in [-0.15, -0.1) is 0 Å². The predicted octanol–water partition coefficient (Wildman–Crippen LogP) is 2.12. The molecule has 0 aliphatic rings. The number of aryl methyl sites for hydroxylation is 1. The van der Waals surface area contributed by atoms with Gasteiger partial charge in [0.2, 0.25) is 5.91 Å². The second kappa shape index (κ2) is 10.2. The maximum Gasteiger partial charge on any atom is 0.273 e. The van der Waals surface area contributed by atoms with Crippen molar-refractivity contribution in [1.82, 2.24) is 20.4 Å². The number of carbonyl (C=O) groups is 2. The zero-order chi connectivity index (χ0) is 22.3. The summed E-state index contributed by atoms with van der Waals surface area (Å²) >= 11 is 0. The summed E-state index contributed by atoms with van der Waals surface area (Å²) in [5.74, 6) is -1.49. The molecule has 2 rings (SSSR count). The number of carbonyl (C=O) groups excluding carboxylic acids is 2. The Balaban J connectivity index is 2.33. The number of aromatic nitrogens is 2. The van der Waals surface area contributed by atoms with Crippen molar-refractivity contribution in [2.45, 2.75) is 52.6 Å². The summed E-state index contributed by atoms with van der Waals surface area (Å²) in [7, 11) is 0. The van der Waals surface area contributed by atoms with Crippen molar-refractivity contribution in [3.63, 3.8) is 0 Å². The molecule has 1 heterocycles. The second-order valence-corrected chi connectivity index (χ2v) is 8.14. The van der Waals surface area contributed by atoms with E-state index in [-0.39, 0.29) is 18.8 Å². The van der Waals surface area contributed by atoms with Gasteiger partial charge in [0.15, 0.2) is 5.69 Å². The van der Waals surface area contributed by atoms with Gasteiger partial charge in [-0.25, -0.2) is 4.39 Å². The molecule has 0 radical (unpaired) electrons. The fourth-order valence-electron chi connectivity index (χ4n) is 3.11. The maximum atomic E-state index is 13.9. The smallest absolute Gasteiger partial charge is 0.273 e. The van der Waals surface area contributed by atoms with Gasteiger partial charge in [-0.3, -0.25) is 14.3 Å². The van der Waals surface area contributed by atoms with Gasteiger partial charge in [-0.2, -0.15) is 10.4 Å². The minimum atomic E-state index is -0.874. The van der Waals surface area contributed by atoms with Crippen LogP contribution < -0.4 is 10.6 Å². The van der Waals surface area contributed by atoms with Crippen LogP contribution in [-0.2, 0) is 11.3 Å². The molecule has 0 aliphatic carbocycles. The van der Waals surface area contributed by atoms with Gasteiger partial charge in [0, 0.05) is 24.9 Å². The fourth-order valence-corrected chi connectivity index (χ4v) is 3.11. The van der Waals surface area contributed by atoms with Gasteiger partial charge in [0.05, 0.1) is 18.2 Å². The Hall–Kier alpha value is -2.99. The number of benzene rings is 1. The van der Waals surface area contributed by atoms with Gasteiger partial charge in [0.1, 0.15) is 11.9 Å². The van der Waals surface area contributed by atoms with Crippen LogP contribution in [0.15, 0.2) is 18.2 Å². The number of nitrogens with one attached hydrogen (secondary N) is 2. The van der Waals surface area contributed by atoms with Gasteiger partial charge < -0.3 is 15.7 Å². The Morgan fingerprint density at radius 3 is 2.70 bits per heavy atom. The number of unbranched alkanes of at least 4 members (excludes halogenated alkanes) is 2. The monoisotopic (exact) mass is 417 g/mol. The van der Waals surface area contributed by atoms with Gasteiger partial charge in [-0.05, 0) is 36.5 Å². The SMILES string of the molecule is CC(C)(C)[C@H](NC(=O)c1nn(CCCCC#N)c2ccc(F)cc12)C(=O)NCCO. The van der Waals surface area contributed by atoms with Gasteiger partial charge >= 0.3 is 0 Å². The Labute approximate surface area is 175 Å². The van der Waals surface area contributed by atoms with Crippen LogP contribution in [0.2, 0.25) is 0 Å². The Kier molecular flexibility index (Phi) is 7.89. The minimum absolute atomic E-state index is 0.0361. The molecule has 0 aliphatic heterocycles. The van der Waals surface area contributed by atoms with Crippen molar-refractivity contribution in [3.8, 4) is 6.07 Å². The third-order valence-electron chi connectivity index (χ3n) is 4.65. The van der Waals surface area contributed by atoms with Crippen LogP contribution >= 0.6 is 0 Å². The van der Waals surface area contributed by atoms with Crippen molar-refractivity contribution in [2.24, 2.45) is 5.41 Å². The maximum absolute atomic E-state index is 13.9. The van der Waals surface area contributed by atoms with E-state index in [0.29, 0.717) is 36.7 Å². The average Bonchev–Trinajstić information content (AvgIpc) is 3.04. The molecule has 0 saturated carbocycles. The highest BCUT2D eigenvalue weighted by atomic mass is 19.1. The number of hydrogen-bond donors (Lipinski definition) is 3. The van der Waals surface area contributed by atoms with E-state index < -0.39 is 29.1 Å². The van der Waals surface area contributed by atoms with E-state index in [2.05, 4.69) is 21.8 Å². The van der Waals surface area contributed by atoms with Crippen molar-refractivity contribution >= 4 is 22.7 Å². The Morgan fingerprint density at radius 1 is 1.33 bits per heavy atom. The first-order chi connectivity index (χ1) is 14.2. The minimum Gasteiger partial charge on any atom is -0.395 e. The first-order valence-electron chi connectivity index (χ1n) is 9.91. The lowest BCUT2D eigenvalue weighted by Gasteiger charge is -2.30. The summed E-state index contributed by atoms with van der Waals surface area (Å²) in [6.07, 6.45) is 1.81. The van der Waals surface area contributed by atoms with Crippen molar-refractivity contribution in [2.75, 3.05) is 13.2 Å². The largest absolute Gasteiger partial charge is 0.395 e. The van der Waals surface area contributed by atoms with Crippen LogP contribution in [0, 0.1) is 22.6 Å². The highest BCUT2D eigenvalue weighted by Crippen LogP contribution is 2.23. The summed E-state index contributed by atoms with van der Waals surface area (Å²) in [5, 5.41) is 27.6. The number of fused-ring (bicyclic) bond motifs is 1. The number of hydrogen-bond acceptors (Lipinski definition) is 5. The molecule has 162 valence electrons. The first-order valence-corrected chi connectivity index (χ1v) is 9.91. The molecule has 2 amide bonds. The van der Waals surface area contributed by atoms with Crippen LogP contribution in [0.25, 0.3) is 10.9 Å². The average molecular weight is 417 g/mol. The Morgan fingerprint density at radius 2 is 2.07 bits per heavy atom. The zero-order valence-electron chi connectivity index (χ0n) is 17.5. The zero-order valence-corrected chi connectivity index (χ0v) is 17.5. The van der Waals surface area contributed by atoms with E-state index in [9.17, 15) is 14.0 Å². The molecule has 1 atom stereocenters. The molecule has 0 saturated heterocycles. The van der Waals surface area contributed by atoms with Crippen LogP contribution in [0.4, 0.5) is 4.39 Å². The second-order valence-electron chi connectivity index (χ2n) is 8.14. The summed E-state index contributed by atoms with van der Waals surface area (Å²) in [4.78, 5) is 25.5. The molecular formula is C21H28FN5O3. The van der Waals surface area contributed by atoms with Gasteiger partial charge in [-0.1, -0.05) is 20.8 Å². The molecule has 3 N–H and O–H groups in total. The molecule has 1 aromatic carbocycles. The lowest BCUT2D eigenvalue weighted by Crippen LogP contribution is -2.54. The summed E-state index contributed by atoms with van der Waals surface area (Å²) in [6, 6.07) is 5.33. The van der Waals surface area contributed by atoms with Crippen LogP contribution in [0.5, 0.6) is 0 Å². The molecule has 0 bridgehead atoms. The lowest BCUT2D eigenvalue weighted by atomic mass is 9.86. The number of rotatable bonds is 9. The van der Waals surface area contributed by atoms with E-state index in [0.717, 1.165) is 0 Å². The molecule has 0 spiro atoms. The van der Waals surface area contributed by atoms with Crippen molar-refractivity contribution in [1.29, 1.82) is 5.26 Å². The predicted molar refractivity (Wildman–Crippen MR) is 110 cm³/mol. The third-order valence-corrected chi connectivity index (χ3v) is 4.65. The number of nitrogens with zero attached hydrogens (tertiary/aromatic N) is 3. The number of halogens is 1. The Bertz CT molecular complexity index is 942.